The Bertz CT molecular complexity index is 1310. The van der Waals surface area contributed by atoms with Crippen molar-refractivity contribution in [2.75, 3.05) is 0 Å². The molecule has 10 heterocycles. The van der Waals surface area contributed by atoms with Crippen molar-refractivity contribution in [1.29, 1.82) is 0 Å². The van der Waals surface area contributed by atoms with Gasteiger partial charge in [-0.2, -0.15) is 0 Å². The Hall–Kier alpha value is -7.52. The molecular formula is C30H40CoN20O4S. The molecule has 299 valence electrons. The molecule has 10 rings (SSSR count). The number of hydrogen-bond acceptors (Lipinski definition) is 14. The monoisotopic (exact) mass is 835 g/mol. The maximum Gasteiger partial charge on any atom is 2.00 e. The van der Waals surface area contributed by atoms with E-state index in [1.54, 1.807) is 187 Å². The summed E-state index contributed by atoms with van der Waals surface area (Å²) in [5, 5.41) is 0. The molecule has 0 saturated carbocycles. The van der Waals surface area contributed by atoms with Crippen LogP contribution in [-0.2, 0) is 27.2 Å². The molecule has 0 atom stereocenters. The van der Waals surface area contributed by atoms with Gasteiger partial charge >= 0.3 is 16.8 Å². The molecule has 0 spiro atoms. The second-order valence-electron chi connectivity index (χ2n) is 8.01. The van der Waals surface area contributed by atoms with Crippen molar-refractivity contribution in [3.05, 3.63) is 187 Å². The third-order valence-electron chi connectivity index (χ3n) is 4.06. The van der Waals surface area contributed by atoms with Crippen LogP contribution in [0.2, 0.25) is 0 Å². The summed E-state index contributed by atoms with van der Waals surface area (Å²) in [7, 11) is -5.17. The second kappa shape index (κ2) is 43.6. The van der Waals surface area contributed by atoms with E-state index in [0.717, 1.165) is 0 Å². The molecule has 10 aromatic rings. The number of aromatic nitrogens is 20. The van der Waals surface area contributed by atoms with Crippen LogP contribution >= 0.6 is 0 Å². The van der Waals surface area contributed by atoms with Crippen molar-refractivity contribution in [2.24, 2.45) is 0 Å². The SMILES string of the molecule is O=S(=O)([O-])[O-].[Co+2].c1c[nH]cn1.c1c[nH]cn1.c1c[nH]cn1.c1c[nH]cn1.c1c[nH]cn1.c1c[nH]cn1.c1c[nH]cn1.c1c[nH]cn1.c1c[nH]cn1.c1c[nH]cn1. The summed E-state index contributed by atoms with van der Waals surface area (Å²) in [5.41, 5.74) is 0. The van der Waals surface area contributed by atoms with Crippen LogP contribution in [0.15, 0.2) is 187 Å². The Morgan fingerprint density at radius 2 is 0.357 bits per heavy atom. The molecule has 26 heteroatoms. The minimum Gasteiger partial charge on any atom is -0.759 e. The first kappa shape index (κ1) is 50.6. The normalized spacial score (nSPS) is 8.18. The first-order chi connectivity index (χ1) is 27.0. The zero-order valence-corrected chi connectivity index (χ0v) is 31.0. The zero-order valence-electron chi connectivity index (χ0n) is 29.2. The quantitative estimate of drug-likeness (QED) is 0.0776. The minimum absolute atomic E-state index is 0. The maximum absolute atomic E-state index is 8.52. The molecule has 24 nitrogen and oxygen atoms in total. The van der Waals surface area contributed by atoms with E-state index >= 15 is 0 Å². The number of H-pyrrole nitrogens is 10. The fraction of sp³-hybridized carbons (Fsp3) is 0. The van der Waals surface area contributed by atoms with Crippen molar-refractivity contribution in [3.63, 3.8) is 0 Å². The molecule has 0 bridgehead atoms. The van der Waals surface area contributed by atoms with Crippen LogP contribution in [0.1, 0.15) is 0 Å². The first-order valence-corrected chi connectivity index (χ1v) is 16.3. The average Bonchev–Trinajstić information content (AvgIpc) is 4.10. The van der Waals surface area contributed by atoms with Gasteiger partial charge in [0.05, 0.1) is 63.3 Å². The van der Waals surface area contributed by atoms with Gasteiger partial charge in [-0.1, -0.05) is 0 Å². The van der Waals surface area contributed by atoms with E-state index in [-0.39, 0.29) is 16.8 Å². The number of nitrogens with zero attached hydrogens (tertiary/aromatic N) is 10. The van der Waals surface area contributed by atoms with E-state index in [1.807, 2.05) is 0 Å². The van der Waals surface area contributed by atoms with Crippen molar-refractivity contribution >= 4 is 10.4 Å². The van der Waals surface area contributed by atoms with Crippen LogP contribution in [0.25, 0.3) is 0 Å². The van der Waals surface area contributed by atoms with Crippen LogP contribution in [0, 0.1) is 0 Å². The van der Waals surface area contributed by atoms with Crippen LogP contribution in [0.4, 0.5) is 0 Å². The molecule has 0 amide bonds. The maximum atomic E-state index is 8.52. The molecule has 0 saturated heterocycles. The third-order valence-corrected chi connectivity index (χ3v) is 4.06. The summed E-state index contributed by atoms with van der Waals surface area (Å²) in [6.07, 6.45) is 50.8. The Morgan fingerprint density at radius 1 is 0.268 bits per heavy atom. The van der Waals surface area contributed by atoms with E-state index in [1.165, 1.54) is 0 Å². The molecular weight excluding hydrogens is 795 g/mol. The van der Waals surface area contributed by atoms with Crippen LogP contribution in [0.5, 0.6) is 0 Å². The molecule has 56 heavy (non-hydrogen) atoms. The van der Waals surface area contributed by atoms with Crippen molar-refractivity contribution in [1.82, 2.24) is 99.7 Å². The van der Waals surface area contributed by atoms with Gasteiger partial charge in [0.25, 0.3) is 0 Å². The molecule has 0 unspecified atom stereocenters. The smallest absolute Gasteiger partial charge is 0.759 e. The summed E-state index contributed by atoms with van der Waals surface area (Å²) in [4.78, 5) is 64.2. The molecule has 0 fully saturated rings. The Balaban J connectivity index is 0. The summed E-state index contributed by atoms with van der Waals surface area (Å²) in [6, 6.07) is 0. The van der Waals surface area contributed by atoms with Gasteiger partial charge < -0.3 is 58.9 Å². The summed E-state index contributed by atoms with van der Waals surface area (Å²) in [5.74, 6) is 0. The van der Waals surface area contributed by atoms with E-state index in [2.05, 4.69) is 99.7 Å². The number of rotatable bonds is 0. The molecule has 10 aromatic heterocycles. The fourth-order valence-electron chi connectivity index (χ4n) is 2.15. The van der Waals surface area contributed by atoms with Gasteiger partial charge in [-0.05, 0) is 0 Å². The van der Waals surface area contributed by atoms with E-state index < -0.39 is 10.4 Å². The summed E-state index contributed by atoms with van der Waals surface area (Å²) >= 11 is 0. The first-order valence-electron chi connectivity index (χ1n) is 14.9. The standard InChI is InChI=1S/10C3H4N2.Co.H2O4S/c10*1-2-5-3-4-1;;1-5(2,3)4/h10*1-3H,(H,4,5);;(H2,1,2,3,4)/q;;;;;;;;;;+2;/p-2. The second-order valence-corrected chi connectivity index (χ2v) is 8.83. The van der Waals surface area contributed by atoms with E-state index in [0.29, 0.717) is 0 Å². The van der Waals surface area contributed by atoms with Gasteiger partial charge in [0.1, 0.15) is 0 Å². The van der Waals surface area contributed by atoms with Gasteiger partial charge in [-0.3, -0.25) is 8.42 Å². The number of nitrogens with one attached hydrogen (secondary N) is 10. The van der Waals surface area contributed by atoms with Gasteiger partial charge in [0.2, 0.25) is 0 Å². The Morgan fingerprint density at radius 3 is 0.375 bits per heavy atom. The average molecular weight is 836 g/mol. The summed E-state index contributed by atoms with van der Waals surface area (Å²) < 4.78 is 34.1. The fourth-order valence-corrected chi connectivity index (χ4v) is 2.15. The predicted octanol–water partition coefficient (Wildman–Crippen LogP) is 2.76. The number of imidazole rings is 10. The molecule has 0 aliphatic heterocycles. The van der Waals surface area contributed by atoms with Gasteiger partial charge in [-0.25, -0.2) is 49.8 Å². The largest absolute Gasteiger partial charge is 2.00 e. The molecule has 0 aliphatic carbocycles. The molecule has 1 radical (unpaired) electrons. The molecule has 10 N–H and O–H groups in total. The van der Waals surface area contributed by atoms with Crippen molar-refractivity contribution < 1.29 is 34.3 Å². The minimum atomic E-state index is -5.17. The zero-order chi connectivity index (χ0) is 39.9. The van der Waals surface area contributed by atoms with E-state index in [9.17, 15) is 0 Å². The third kappa shape index (κ3) is 53.3. The Labute approximate surface area is 330 Å². The molecule has 0 aliphatic rings. The van der Waals surface area contributed by atoms with Crippen LogP contribution < -0.4 is 0 Å². The Kier molecular flexibility index (Phi) is 39.4. The predicted molar refractivity (Wildman–Crippen MR) is 196 cm³/mol. The van der Waals surface area contributed by atoms with Crippen LogP contribution in [0.3, 0.4) is 0 Å². The number of hydrogen-bond donors (Lipinski definition) is 10. The van der Waals surface area contributed by atoms with Gasteiger partial charge in [0, 0.05) is 134 Å². The topological polar surface area (TPSA) is 367 Å². The van der Waals surface area contributed by atoms with E-state index in [4.69, 9.17) is 17.5 Å². The van der Waals surface area contributed by atoms with Gasteiger partial charge in [-0.15, -0.1) is 0 Å². The van der Waals surface area contributed by atoms with Gasteiger partial charge in [0.15, 0.2) is 0 Å². The molecule has 0 aromatic carbocycles. The van der Waals surface area contributed by atoms with Crippen molar-refractivity contribution in [2.45, 2.75) is 0 Å². The van der Waals surface area contributed by atoms with Crippen LogP contribution in [-0.4, -0.2) is 117 Å². The summed E-state index contributed by atoms with van der Waals surface area (Å²) in [6.45, 7) is 0. The number of aromatic amines is 10. The van der Waals surface area contributed by atoms with Crippen molar-refractivity contribution in [3.8, 4) is 0 Å².